The number of nitrogens with zero attached hydrogens (tertiary/aromatic N) is 4. The minimum atomic E-state index is -4.98. The highest BCUT2D eigenvalue weighted by Gasteiger charge is 2.58. The summed E-state index contributed by atoms with van der Waals surface area (Å²) in [6, 6.07) is 1.67. The number of alkyl halides is 3. The van der Waals surface area contributed by atoms with Crippen LogP contribution in [0.15, 0.2) is 10.5 Å². The predicted molar refractivity (Wildman–Crippen MR) is 114 cm³/mol. The van der Waals surface area contributed by atoms with E-state index in [0.717, 1.165) is 25.8 Å². The molecule has 1 saturated heterocycles. The Morgan fingerprint density at radius 1 is 1.22 bits per heavy atom. The van der Waals surface area contributed by atoms with E-state index in [9.17, 15) is 22.8 Å². The van der Waals surface area contributed by atoms with Crippen molar-refractivity contribution in [3.8, 4) is 11.6 Å². The molecule has 176 valence electrons. The van der Waals surface area contributed by atoms with Gasteiger partial charge in [-0.05, 0) is 51.5 Å². The van der Waals surface area contributed by atoms with Gasteiger partial charge in [-0.2, -0.15) is 13.2 Å². The molecule has 0 aliphatic carbocycles. The van der Waals surface area contributed by atoms with Crippen LogP contribution in [0.2, 0.25) is 0 Å². The molecule has 8 nitrogen and oxygen atoms in total. The summed E-state index contributed by atoms with van der Waals surface area (Å²) in [7, 11) is -2.77. The number of aliphatic hydroxyl groups is 1. The van der Waals surface area contributed by atoms with Gasteiger partial charge in [-0.15, -0.1) is 10.2 Å². The van der Waals surface area contributed by atoms with Crippen molar-refractivity contribution in [2.75, 3.05) is 30.5 Å². The minimum absolute atomic E-state index is 0.0168. The maximum atomic E-state index is 13.8. The second-order valence-electron chi connectivity index (χ2n) is 8.98. The number of nitrogen functional groups attached to an aromatic ring is 1. The van der Waals surface area contributed by atoms with Crippen molar-refractivity contribution in [1.29, 1.82) is 0 Å². The van der Waals surface area contributed by atoms with Crippen LogP contribution in [0.25, 0.3) is 11.6 Å². The molecule has 1 unspecified atom stereocenters. The Morgan fingerprint density at radius 2 is 1.94 bits per heavy atom. The highest BCUT2D eigenvalue weighted by molar-refractivity contribution is 7.70. The zero-order valence-corrected chi connectivity index (χ0v) is 18.9. The standard InChI is InChI=1S/C20H27F3N5O3P/c1-32(2,30)14-11-13(24)15-17-26-27-18(31-17)19(29,20(21,22)23)9-5-3-4-7-12-8-6-10-28(12)16(14)25-15/h11-12,29H,3-10,24H2,1-2H3/t12-,19?/m1/s1. The molecule has 4 rings (SSSR count). The average molecular weight is 473 g/mol. The number of rotatable bonds is 1. The van der Waals surface area contributed by atoms with E-state index in [1.165, 1.54) is 0 Å². The van der Waals surface area contributed by atoms with Crippen LogP contribution < -0.4 is 15.9 Å². The molecule has 0 spiro atoms. The Morgan fingerprint density at radius 3 is 2.62 bits per heavy atom. The Hall–Kier alpha value is -2.13. The second kappa shape index (κ2) is 8.02. The maximum Gasteiger partial charge on any atom is 0.426 e. The van der Waals surface area contributed by atoms with Crippen LogP contribution in [0.5, 0.6) is 0 Å². The van der Waals surface area contributed by atoms with Gasteiger partial charge in [0.1, 0.15) is 13.0 Å². The monoisotopic (exact) mass is 473 g/mol. The fraction of sp³-hybridized carbons (Fsp3) is 0.650. The molecule has 0 amide bonds. The van der Waals surface area contributed by atoms with Crippen molar-refractivity contribution >= 4 is 24.0 Å². The van der Waals surface area contributed by atoms with Crippen LogP contribution in [0, 0.1) is 0 Å². The quantitative estimate of drug-likeness (QED) is 0.603. The summed E-state index contributed by atoms with van der Waals surface area (Å²) in [5.74, 6) is -0.754. The molecular formula is C20H27F3N5O3P. The zero-order chi connectivity index (χ0) is 23.3. The molecule has 2 atom stereocenters. The Labute approximate surface area is 183 Å². The zero-order valence-electron chi connectivity index (χ0n) is 18.0. The number of nitrogens with two attached hydrogens (primary N) is 1. The second-order valence-corrected chi connectivity index (χ2v) is 12.2. The van der Waals surface area contributed by atoms with E-state index in [1.807, 2.05) is 0 Å². The average Bonchev–Trinajstić information content (AvgIpc) is 3.35. The van der Waals surface area contributed by atoms with Gasteiger partial charge in [0.2, 0.25) is 5.60 Å². The molecule has 2 aromatic heterocycles. The van der Waals surface area contributed by atoms with Crippen LogP contribution >= 0.6 is 7.14 Å². The van der Waals surface area contributed by atoms with Crippen LogP contribution in [0.3, 0.4) is 0 Å². The van der Waals surface area contributed by atoms with Crippen LogP contribution in [-0.2, 0) is 10.2 Å². The number of halogens is 3. The minimum Gasteiger partial charge on any atom is -0.416 e. The molecular weight excluding hydrogens is 446 g/mol. The molecule has 2 aromatic rings. The predicted octanol–water partition coefficient (Wildman–Crippen LogP) is 3.64. The van der Waals surface area contributed by atoms with E-state index in [1.54, 1.807) is 19.4 Å². The largest absolute Gasteiger partial charge is 0.426 e. The molecule has 0 saturated carbocycles. The van der Waals surface area contributed by atoms with Crippen molar-refractivity contribution in [3.05, 3.63) is 12.0 Å². The van der Waals surface area contributed by atoms with E-state index >= 15 is 0 Å². The van der Waals surface area contributed by atoms with E-state index in [-0.39, 0.29) is 29.7 Å². The first kappa shape index (κ1) is 23.0. The van der Waals surface area contributed by atoms with Crippen molar-refractivity contribution in [1.82, 2.24) is 15.2 Å². The number of aromatic nitrogens is 3. The topological polar surface area (TPSA) is 118 Å². The van der Waals surface area contributed by atoms with Gasteiger partial charge in [0.05, 0.1) is 11.0 Å². The van der Waals surface area contributed by atoms with E-state index in [4.69, 9.17) is 10.2 Å². The summed E-state index contributed by atoms with van der Waals surface area (Å²) in [4.78, 5) is 6.71. The number of anilines is 2. The van der Waals surface area contributed by atoms with Gasteiger partial charge in [0.15, 0.2) is 5.69 Å². The van der Waals surface area contributed by atoms with Crippen molar-refractivity contribution in [2.24, 2.45) is 0 Å². The third-order valence-electron chi connectivity index (χ3n) is 6.27. The fourth-order valence-electron chi connectivity index (χ4n) is 4.50. The molecule has 0 radical (unpaired) electrons. The van der Waals surface area contributed by atoms with Gasteiger partial charge in [0, 0.05) is 12.6 Å². The molecule has 2 aliphatic heterocycles. The van der Waals surface area contributed by atoms with Gasteiger partial charge in [0.25, 0.3) is 11.8 Å². The fourth-order valence-corrected chi connectivity index (χ4v) is 5.61. The maximum absolute atomic E-state index is 13.8. The SMILES string of the molecule is CP(C)(=O)c1cc(N)c2nc1N1CCC[C@H]1CCCCCC(O)(C(F)(F)F)c1nnc-2o1. The summed E-state index contributed by atoms with van der Waals surface area (Å²) < 4.78 is 59.7. The first-order valence-electron chi connectivity index (χ1n) is 10.7. The normalized spacial score (nSPS) is 24.8. The first-order chi connectivity index (χ1) is 14.9. The molecule has 32 heavy (non-hydrogen) atoms. The van der Waals surface area contributed by atoms with Crippen molar-refractivity contribution < 1.29 is 27.3 Å². The highest BCUT2D eigenvalue weighted by Crippen LogP contribution is 2.45. The number of fused-ring (bicyclic) bond motifs is 7. The number of pyridine rings is 1. The Bertz CT molecular complexity index is 1050. The summed E-state index contributed by atoms with van der Waals surface area (Å²) >= 11 is 0. The lowest BCUT2D eigenvalue weighted by Crippen LogP contribution is -2.42. The molecule has 12 heteroatoms. The lowest BCUT2D eigenvalue weighted by atomic mass is 9.94. The third-order valence-corrected chi connectivity index (χ3v) is 7.76. The van der Waals surface area contributed by atoms with Gasteiger partial charge >= 0.3 is 6.18 Å². The lowest BCUT2D eigenvalue weighted by molar-refractivity contribution is -0.277. The first-order valence-corrected chi connectivity index (χ1v) is 13.3. The molecule has 1 fully saturated rings. The molecule has 2 aliphatic rings. The number of hydrogen-bond acceptors (Lipinski definition) is 8. The Balaban J connectivity index is 1.91. The van der Waals surface area contributed by atoms with Gasteiger partial charge < -0.3 is 24.7 Å². The summed E-state index contributed by atoms with van der Waals surface area (Å²) in [6.07, 6.45) is -1.60. The van der Waals surface area contributed by atoms with Crippen LogP contribution in [-0.4, -0.2) is 52.4 Å². The summed E-state index contributed by atoms with van der Waals surface area (Å²) in [5, 5.41) is 18.2. The summed E-state index contributed by atoms with van der Waals surface area (Å²) in [6.45, 7) is 3.99. The third kappa shape index (κ3) is 4.01. The van der Waals surface area contributed by atoms with E-state index < -0.39 is 31.2 Å². The van der Waals surface area contributed by atoms with Crippen molar-refractivity contribution in [3.63, 3.8) is 0 Å². The lowest BCUT2D eigenvalue weighted by Gasteiger charge is -2.30. The molecule has 0 aromatic carbocycles. The van der Waals surface area contributed by atoms with E-state index in [2.05, 4.69) is 20.1 Å². The molecule has 4 bridgehead atoms. The summed E-state index contributed by atoms with van der Waals surface area (Å²) in [5.41, 5.74) is 2.98. The smallest absolute Gasteiger partial charge is 0.416 e. The van der Waals surface area contributed by atoms with Crippen molar-refractivity contribution in [2.45, 2.75) is 62.8 Å². The van der Waals surface area contributed by atoms with Gasteiger partial charge in [-0.3, -0.25) is 0 Å². The van der Waals surface area contributed by atoms with Gasteiger partial charge in [-0.1, -0.05) is 12.8 Å². The van der Waals surface area contributed by atoms with Crippen LogP contribution in [0.1, 0.15) is 50.8 Å². The number of hydrogen-bond donors (Lipinski definition) is 2. The molecule has 3 N–H and O–H groups in total. The van der Waals surface area contributed by atoms with Gasteiger partial charge in [-0.25, -0.2) is 4.98 Å². The Kier molecular flexibility index (Phi) is 5.78. The van der Waals surface area contributed by atoms with Crippen LogP contribution in [0.4, 0.5) is 24.7 Å². The molecule has 4 heterocycles. The highest BCUT2D eigenvalue weighted by atomic mass is 31.2. The van der Waals surface area contributed by atoms with E-state index in [0.29, 0.717) is 24.0 Å².